The molecule has 0 aromatic heterocycles. The molecule has 12 heteroatoms. The zero-order valence-corrected chi connectivity index (χ0v) is 24.2. The van der Waals surface area contributed by atoms with Crippen LogP contribution in [0.3, 0.4) is 0 Å². The predicted octanol–water partition coefficient (Wildman–Crippen LogP) is 1.22. The zero-order chi connectivity index (χ0) is 30.9. The summed E-state index contributed by atoms with van der Waals surface area (Å²) in [5, 5.41) is 21.1. The highest BCUT2D eigenvalue weighted by Crippen LogP contribution is 2.57. The van der Waals surface area contributed by atoms with E-state index >= 15 is 0 Å². The Morgan fingerprint density at radius 1 is 0.925 bits per heavy atom. The van der Waals surface area contributed by atoms with Gasteiger partial charge in [-0.2, -0.15) is 0 Å². The monoisotopic (exact) mass is 568 g/mol. The first-order valence-corrected chi connectivity index (χ1v) is 13.1. The number of carbonyl (C=O) groups is 6. The standard InChI is InChI=1S/C28H40O12/c1-12-19(34)11-21(37-14(3)30)28(9)22(12)23(38-15(4)31)18(10-20(35)13(2)29)27(7,8)25(36)24(39-16(5)32)26(28)40-17(6)33/h13,18-19,21-24,26,29,34H,1,10-11H2,2-9H3. The average molecular weight is 569 g/mol. The molecule has 40 heavy (non-hydrogen) atoms. The topological polar surface area (TPSA) is 180 Å². The highest BCUT2D eigenvalue weighted by molar-refractivity contribution is 5.92. The van der Waals surface area contributed by atoms with E-state index in [1.807, 2.05) is 0 Å². The molecular formula is C28H40O12. The van der Waals surface area contributed by atoms with Gasteiger partial charge in [0.25, 0.3) is 0 Å². The van der Waals surface area contributed by atoms with Crippen LogP contribution in [0, 0.1) is 22.7 Å². The van der Waals surface area contributed by atoms with Gasteiger partial charge in [-0.1, -0.05) is 27.4 Å². The Labute approximate surface area is 233 Å². The number of hydrogen-bond donors (Lipinski definition) is 2. The molecule has 0 bridgehead atoms. The van der Waals surface area contributed by atoms with Crippen LogP contribution in [-0.4, -0.2) is 82.3 Å². The van der Waals surface area contributed by atoms with Gasteiger partial charge in [0.1, 0.15) is 18.3 Å². The molecule has 0 spiro atoms. The summed E-state index contributed by atoms with van der Waals surface area (Å²) < 4.78 is 22.6. The first-order valence-electron chi connectivity index (χ1n) is 13.1. The van der Waals surface area contributed by atoms with Crippen LogP contribution in [0.4, 0.5) is 0 Å². The fourth-order valence-electron chi connectivity index (χ4n) is 6.13. The van der Waals surface area contributed by atoms with Crippen molar-refractivity contribution in [3.8, 4) is 0 Å². The third-order valence-electron chi connectivity index (χ3n) is 8.15. The average Bonchev–Trinajstić information content (AvgIpc) is 2.80. The minimum Gasteiger partial charge on any atom is -0.462 e. The highest BCUT2D eigenvalue weighted by atomic mass is 16.6. The third-order valence-corrected chi connectivity index (χ3v) is 8.15. The lowest BCUT2D eigenvalue weighted by molar-refractivity contribution is -0.230. The maximum absolute atomic E-state index is 14.3. The molecule has 0 aliphatic heterocycles. The second kappa shape index (κ2) is 12.2. The number of Topliss-reactive ketones (excluding diaryl/α,β-unsaturated/α-hetero) is 2. The molecule has 2 fully saturated rings. The maximum Gasteiger partial charge on any atom is 0.303 e. The van der Waals surface area contributed by atoms with E-state index in [2.05, 4.69) is 6.58 Å². The minimum atomic E-state index is -1.74. The van der Waals surface area contributed by atoms with Gasteiger partial charge in [0.15, 0.2) is 23.8 Å². The number of esters is 4. The van der Waals surface area contributed by atoms with Crippen LogP contribution in [0.1, 0.15) is 68.2 Å². The number of aliphatic hydroxyl groups is 2. The van der Waals surface area contributed by atoms with Gasteiger partial charge in [-0.25, -0.2) is 0 Å². The minimum absolute atomic E-state index is 0.107. The number of ketones is 2. The van der Waals surface area contributed by atoms with Crippen molar-refractivity contribution < 1.29 is 57.9 Å². The molecule has 2 rings (SSSR count). The summed E-state index contributed by atoms with van der Waals surface area (Å²) in [6, 6.07) is 0. The predicted molar refractivity (Wildman–Crippen MR) is 137 cm³/mol. The normalized spacial score (nSPS) is 34.3. The summed E-state index contributed by atoms with van der Waals surface area (Å²) in [6.07, 6.45) is -9.34. The number of carbonyl (C=O) groups excluding carboxylic acids is 6. The lowest BCUT2D eigenvalue weighted by atomic mass is 9.51. The Bertz CT molecular complexity index is 1080. The number of hydrogen-bond acceptors (Lipinski definition) is 12. The molecule has 0 amide bonds. The van der Waals surface area contributed by atoms with Crippen molar-refractivity contribution in [3.05, 3.63) is 12.2 Å². The van der Waals surface area contributed by atoms with Crippen LogP contribution >= 0.6 is 0 Å². The van der Waals surface area contributed by atoms with Crippen LogP contribution in [-0.2, 0) is 47.7 Å². The fourth-order valence-corrected chi connectivity index (χ4v) is 6.13. The van der Waals surface area contributed by atoms with E-state index in [1.54, 1.807) is 0 Å². The van der Waals surface area contributed by atoms with E-state index < -0.39 is 101 Å². The van der Waals surface area contributed by atoms with Gasteiger partial charge in [0.2, 0.25) is 0 Å². The summed E-state index contributed by atoms with van der Waals surface area (Å²) in [5.74, 6) is -7.03. The highest BCUT2D eigenvalue weighted by Gasteiger charge is 2.67. The SMILES string of the molecule is C=C1C(O)CC(OC(C)=O)C2(C)C(OC(C)=O)C(OC(C)=O)C(=O)C(C)(C)C(CC(=O)C(C)O)C(OC(C)=O)C12. The molecule has 12 nitrogen and oxygen atoms in total. The zero-order valence-electron chi connectivity index (χ0n) is 24.2. The Hall–Kier alpha value is -3.12. The molecule has 2 aliphatic carbocycles. The number of ether oxygens (including phenoxy) is 4. The van der Waals surface area contributed by atoms with Gasteiger partial charge >= 0.3 is 23.9 Å². The second-order valence-electron chi connectivity index (χ2n) is 11.4. The lowest BCUT2D eigenvalue weighted by Gasteiger charge is -2.58. The molecule has 2 aliphatic rings. The fraction of sp³-hybridized carbons (Fsp3) is 0.714. The van der Waals surface area contributed by atoms with Gasteiger partial charge in [0, 0.05) is 57.8 Å². The molecule has 0 aromatic rings. The Morgan fingerprint density at radius 2 is 1.43 bits per heavy atom. The van der Waals surface area contributed by atoms with Gasteiger partial charge in [-0.3, -0.25) is 28.8 Å². The quantitative estimate of drug-likeness (QED) is 0.255. The molecule has 0 saturated heterocycles. The molecule has 9 atom stereocenters. The van der Waals surface area contributed by atoms with Gasteiger partial charge in [0.05, 0.1) is 11.5 Å². The van der Waals surface area contributed by atoms with Crippen LogP contribution < -0.4 is 0 Å². The van der Waals surface area contributed by atoms with Gasteiger partial charge in [-0.15, -0.1) is 0 Å². The molecule has 224 valence electrons. The molecule has 0 aromatic carbocycles. The summed E-state index contributed by atoms with van der Waals surface area (Å²) in [4.78, 5) is 76.6. The van der Waals surface area contributed by atoms with Crippen molar-refractivity contribution in [2.24, 2.45) is 22.7 Å². The summed E-state index contributed by atoms with van der Waals surface area (Å²) in [7, 11) is 0. The van der Waals surface area contributed by atoms with E-state index in [0.717, 1.165) is 27.7 Å². The second-order valence-corrected chi connectivity index (χ2v) is 11.4. The molecule has 2 saturated carbocycles. The maximum atomic E-state index is 14.3. The van der Waals surface area contributed by atoms with Crippen molar-refractivity contribution in [1.82, 2.24) is 0 Å². The van der Waals surface area contributed by atoms with Crippen molar-refractivity contribution in [2.45, 2.75) is 105 Å². The van der Waals surface area contributed by atoms with E-state index in [9.17, 15) is 39.0 Å². The lowest BCUT2D eigenvalue weighted by Crippen LogP contribution is -2.69. The largest absolute Gasteiger partial charge is 0.462 e. The van der Waals surface area contributed by atoms with Crippen molar-refractivity contribution in [2.75, 3.05) is 0 Å². The van der Waals surface area contributed by atoms with Gasteiger partial charge < -0.3 is 29.2 Å². The Kier molecular flexibility index (Phi) is 10.1. The number of fused-ring (bicyclic) bond motifs is 1. The summed E-state index contributed by atoms with van der Waals surface area (Å²) in [5.41, 5.74) is -3.16. The molecule has 0 heterocycles. The molecule has 0 radical (unpaired) electrons. The van der Waals surface area contributed by atoms with E-state index in [-0.39, 0.29) is 12.0 Å². The van der Waals surface area contributed by atoms with Crippen molar-refractivity contribution in [3.63, 3.8) is 0 Å². The first kappa shape index (κ1) is 33.1. The molecule has 9 unspecified atom stereocenters. The van der Waals surface area contributed by atoms with Crippen LogP contribution in [0.5, 0.6) is 0 Å². The van der Waals surface area contributed by atoms with E-state index in [0.29, 0.717) is 0 Å². The van der Waals surface area contributed by atoms with Crippen LogP contribution in [0.15, 0.2) is 12.2 Å². The van der Waals surface area contributed by atoms with Crippen molar-refractivity contribution >= 4 is 35.4 Å². The molecule has 2 N–H and O–H groups in total. The number of rotatable bonds is 7. The van der Waals surface area contributed by atoms with E-state index in [1.165, 1.54) is 27.7 Å². The first-order chi connectivity index (χ1) is 18.3. The van der Waals surface area contributed by atoms with Crippen molar-refractivity contribution in [1.29, 1.82) is 0 Å². The van der Waals surface area contributed by atoms with Gasteiger partial charge in [-0.05, 0) is 12.5 Å². The Balaban J connectivity index is 3.07. The van der Waals surface area contributed by atoms with E-state index in [4.69, 9.17) is 18.9 Å². The van der Waals surface area contributed by atoms with Crippen LogP contribution in [0.2, 0.25) is 0 Å². The Morgan fingerprint density at radius 3 is 1.88 bits per heavy atom. The summed E-state index contributed by atoms with van der Waals surface area (Å²) in [6.45, 7) is 14.1. The smallest absolute Gasteiger partial charge is 0.303 e. The third kappa shape index (κ3) is 6.43. The number of aliphatic hydroxyl groups excluding tert-OH is 2. The summed E-state index contributed by atoms with van der Waals surface area (Å²) >= 11 is 0. The molecular weight excluding hydrogens is 528 g/mol. The van der Waals surface area contributed by atoms with Crippen LogP contribution in [0.25, 0.3) is 0 Å².